The molecule has 0 aliphatic heterocycles. The van der Waals surface area contributed by atoms with Crippen molar-refractivity contribution in [2.45, 2.75) is 6.92 Å². The molecular weight excluding hydrogens is 331 g/mol. The van der Waals surface area contributed by atoms with Crippen LogP contribution in [0.1, 0.15) is 6.92 Å². The summed E-state index contributed by atoms with van der Waals surface area (Å²) >= 11 is 0. The Morgan fingerprint density at radius 2 is 1.26 bits per heavy atom. The van der Waals surface area contributed by atoms with Crippen LogP contribution in [-0.4, -0.2) is 5.91 Å². The van der Waals surface area contributed by atoms with E-state index in [-0.39, 0.29) is 12.1 Å². The summed E-state index contributed by atoms with van der Waals surface area (Å²) in [5, 5.41) is 1.76. The van der Waals surface area contributed by atoms with Gasteiger partial charge in [-0.3, -0.25) is 4.79 Å². The third kappa shape index (κ3) is 2.86. The molecule has 0 radical (unpaired) electrons. The highest BCUT2D eigenvalue weighted by Crippen LogP contribution is 2.36. The van der Waals surface area contributed by atoms with Crippen molar-refractivity contribution in [1.82, 2.24) is 0 Å². The zero-order valence-electron chi connectivity index (χ0n) is 11.2. The van der Waals surface area contributed by atoms with Crippen molar-refractivity contribution >= 4 is 11.6 Å². The van der Waals surface area contributed by atoms with E-state index in [9.17, 15) is 35.5 Å². The van der Waals surface area contributed by atoms with Crippen LogP contribution in [0, 0.1) is 40.7 Å². The minimum Gasteiger partial charge on any atom is -0.324 e. The summed E-state index contributed by atoms with van der Waals surface area (Å²) in [6, 6.07) is 0.0723. The molecule has 2 aromatic carbocycles. The summed E-state index contributed by atoms with van der Waals surface area (Å²) in [5.74, 6) is -14.6. The second kappa shape index (κ2) is 5.90. The number of rotatable bonds is 2. The van der Waals surface area contributed by atoms with Gasteiger partial charge >= 0.3 is 0 Å². The molecule has 0 aliphatic rings. The maximum Gasteiger partial charge on any atom is 0.221 e. The number of halogens is 7. The minimum absolute atomic E-state index is 0.161. The highest BCUT2D eigenvalue weighted by Gasteiger charge is 2.28. The minimum atomic E-state index is -2.11. The molecule has 0 saturated heterocycles. The molecule has 2 rings (SSSR count). The molecular formula is C14H6F7NO. The molecule has 23 heavy (non-hydrogen) atoms. The maximum atomic E-state index is 13.9. The summed E-state index contributed by atoms with van der Waals surface area (Å²) in [6.07, 6.45) is 0. The van der Waals surface area contributed by atoms with E-state index in [0.717, 1.165) is 6.92 Å². The monoisotopic (exact) mass is 337 g/mol. The average molecular weight is 337 g/mol. The molecule has 0 fully saturated rings. The average Bonchev–Trinajstić information content (AvgIpc) is 2.45. The van der Waals surface area contributed by atoms with Gasteiger partial charge in [0.05, 0.1) is 16.8 Å². The number of nitrogens with one attached hydrogen (secondary N) is 1. The third-order valence-electron chi connectivity index (χ3n) is 2.83. The Morgan fingerprint density at radius 1 is 0.739 bits per heavy atom. The van der Waals surface area contributed by atoms with E-state index in [4.69, 9.17) is 0 Å². The van der Waals surface area contributed by atoms with Crippen LogP contribution >= 0.6 is 0 Å². The SMILES string of the molecule is CC(=O)Nc1cc(F)c(-c2c(F)c(F)cc(F)c2F)c(F)c1F. The van der Waals surface area contributed by atoms with Gasteiger partial charge in [-0.15, -0.1) is 0 Å². The molecule has 1 amide bonds. The lowest BCUT2D eigenvalue weighted by Crippen LogP contribution is -2.11. The van der Waals surface area contributed by atoms with Gasteiger partial charge in [-0.25, -0.2) is 30.7 Å². The first kappa shape index (κ1) is 16.8. The van der Waals surface area contributed by atoms with Crippen LogP contribution in [-0.2, 0) is 4.79 Å². The lowest BCUT2D eigenvalue weighted by molar-refractivity contribution is -0.114. The normalized spacial score (nSPS) is 10.8. The van der Waals surface area contributed by atoms with Crippen LogP contribution in [0.25, 0.3) is 11.1 Å². The van der Waals surface area contributed by atoms with E-state index in [1.807, 2.05) is 0 Å². The molecule has 122 valence electrons. The van der Waals surface area contributed by atoms with Crippen molar-refractivity contribution in [3.05, 3.63) is 52.9 Å². The quantitative estimate of drug-likeness (QED) is 0.643. The van der Waals surface area contributed by atoms with Gasteiger partial charge in [0.25, 0.3) is 0 Å². The van der Waals surface area contributed by atoms with Crippen LogP contribution in [0.5, 0.6) is 0 Å². The fourth-order valence-electron chi connectivity index (χ4n) is 1.90. The molecule has 0 saturated carbocycles. The predicted molar refractivity (Wildman–Crippen MR) is 65.9 cm³/mol. The Bertz CT molecular complexity index is 793. The number of hydrogen-bond donors (Lipinski definition) is 1. The van der Waals surface area contributed by atoms with Gasteiger partial charge in [0.15, 0.2) is 34.9 Å². The van der Waals surface area contributed by atoms with E-state index in [2.05, 4.69) is 0 Å². The van der Waals surface area contributed by atoms with E-state index in [0.29, 0.717) is 0 Å². The van der Waals surface area contributed by atoms with Crippen molar-refractivity contribution in [3.8, 4) is 11.1 Å². The van der Waals surface area contributed by atoms with Crippen LogP contribution in [0.4, 0.5) is 36.4 Å². The molecule has 2 aromatic rings. The Hall–Kier alpha value is -2.58. The second-order valence-electron chi connectivity index (χ2n) is 4.43. The van der Waals surface area contributed by atoms with Crippen molar-refractivity contribution in [2.24, 2.45) is 0 Å². The summed E-state index contributed by atoms with van der Waals surface area (Å²) in [7, 11) is 0. The molecule has 9 heteroatoms. The molecule has 0 spiro atoms. The number of benzene rings is 2. The fraction of sp³-hybridized carbons (Fsp3) is 0.0714. The van der Waals surface area contributed by atoms with Crippen LogP contribution in [0.15, 0.2) is 12.1 Å². The van der Waals surface area contributed by atoms with E-state index < -0.39 is 63.4 Å². The molecule has 0 unspecified atom stereocenters. The van der Waals surface area contributed by atoms with Crippen molar-refractivity contribution in [3.63, 3.8) is 0 Å². The van der Waals surface area contributed by atoms with Crippen LogP contribution in [0.2, 0.25) is 0 Å². The van der Waals surface area contributed by atoms with Gasteiger partial charge in [-0.1, -0.05) is 0 Å². The summed E-state index contributed by atoms with van der Waals surface area (Å²) in [5.41, 5.74) is -4.30. The summed E-state index contributed by atoms with van der Waals surface area (Å²) in [4.78, 5) is 10.8. The van der Waals surface area contributed by atoms with Crippen LogP contribution < -0.4 is 5.32 Å². The smallest absolute Gasteiger partial charge is 0.221 e. The van der Waals surface area contributed by atoms with Gasteiger partial charge in [0.2, 0.25) is 5.91 Å². The highest BCUT2D eigenvalue weighted by molar-refractivity contribution is 5.89. The van der Waals surface area contributed by atoms with Gasteiger partial charge < -0.3 is 5.32 Å². The zero-order chi connectivity index (χ0) is 17.5. The third-order valence-corrected chi connectivity index (χ3v) is 2.83. The van der Waals surface area contributed by atoms with E-state index >= 15 is 0 Å². The largest absolute Gasteiger partial charge is 0.324 e. The van der Waals surface area contributed by atoms with Gasteiger partial charge in [0, 0.05) is 19.1 Å². The fourth-order valence-corrected chi connectivity index (χ4v) is 1.90. The molecule has 0 atom stereocenters. The summed E-state index contributed by atoms with van der Waals surface area (Å²) < 4.78 is 95.2. The lowest BCUT2D eigenvalue weighted by atomic mass is 10.0. The molecule has 0 heterocycles. The lowest BCUT2D eigenvalue weighted by Gasteiger charge is -2.12. The second-order valence-corrected chi connectivity index (χ2v) is 4.43. The number of carbonyl (C=O) groups is 1. The molecule has 2 nitrogen and oxygen atoms in total. The van der Waals surface area contributed by atoms with Gasteiger partial charge in [-0.2, -0.15) is 0 Å². The Labute approximate surface area is 124 Å². The highest BCUT2D eigenvalue weighted by atomic mass is 19.2. The first-order valence-corrected chi connectivity index (χ1v) is 5.93. The van der Waals surface area contributed by atoms with Crippen LogP contribution in [0.3, 0.4) is 0 Å². The van der Waals surface area contributed by atoms with E-state index in [1.54, 1.807) is 5.32 Å². The topological polar surface area (TPSA) is 29.1 Å². The number of carbonyl (C=O) groups excluding carboxylic acids is 1. The standard InChI is InChI=1S/C14H6F7NO/c1-4(23)22-8-3-5(15)9(14(21)13(8)20)10-11(18)6(16)2-7(17)12(10)19/h2-3H,1H3,(H,22,23). The van der Waals surface area contributed by atoms with Gasteiger partial charge in [-0.05, 0) is 0 Å². The first-order chi connectivity index (χ1) is 10.6. The van der Waals surface area contributed by atoms with Gasteiger partial charge in [0.1, 0.15) is 5.82 Å². The summed E-state index contributed by atoms with van der Waals surface area (Å²) in [6.45, 7) is 0.921. The van der Waals surface area contributed by atoms with Crippen molar-refractivity contribution in [2.75, 3.05) is 5.32 Å². The number of amides is 1. The van der Waals surface area contributed by atoms with Crippen molar-refractivity contribution in [1.29, 1.82) is 0 Å². The number of hydrogen-bond acceptors (Lipinski definition) is 1. The Kier molecular flexibility index (Phi) is 4.31. The first-order valence-electron chi connectivity index (χ1n) is 5.93. The zero-order valence-corrected chi connectivity index (χ0v) is 11.2. The Balaban J connectivity index is 2.81. The molecule has 0 aromatic heterocycles. The molecule has 0 aliphatic carbocycles. The van der Waals surface area contributed by atoms with Crippen molar-refractivity contribution < 1.29 is 35.5 Å². The van der Waals surface area contributed by atoms with E-state index in [1.165, 1.54) is 0 Å². The predicted octanol–water partition coefficient (Wildman–Crippen LogP) is 4.29. The number of anilines is 1. The molecule has 0 bridgehead atoms. The Morgan fingerprint density at radius 3 is 1.74 bits per heavy atom. The maximum absolute atomic E-state index is 13.9. The molecule has 1 N–H and O–H groups in total.